The first-order valence-electron chi connectivity index (χ1n) is 6.66. The van der Waals surface area contributed by atoms with Gasteiger partial charge in [0.15, 0.2) is 5.13 Å². The lowest BCUT2D eigenvalue weighted by atomic mass is 10.1. The lowest BCUT2D eigenvalue weighted by molar-refractivity contribution is 0.518. The van der Waals surface area contributed by atoms with Gasteiger partial charge in [-0.25, -0.2) is 4.98 Å². The molecule has 3 nitrogen and oxygen atoms in total. The van der Waals surface area contributed by atoms with Crippen LogP contribution >= 0.6 is 11.3 Å². The van der Waals surface area contributed by atoms with Gasteiger partial charge in [-0.2, -0.15) is 0 Å². The van der Waals surface area contributed by atoms with E-state index in [2.05, 4.69) is 46.9 Å². The number of hydrogen-bond donors (Lipinski definition) is 1. The van der Waals surface area contributed by atoms with Crippen LogP contribution in [0.15, 0.2) is 52.5 Å². The van der Waals surface area contributed by atoms with Crippen molar-refractivity contribution in [1.29, 1.82) is 0 Å². The van der Waals surface area contributed by atoms with Crippen molar-refractivity contribution < 1.29 is 4.42 Å². The quantitative estimate of drug-likeness (QED) is 0.745. The Hall–Kier alpha value is -2.07. The molecule has 0 amide bonds. The summed E-state index contributed by atoms with van der Waals surface area (Å²) < 4.78 is 5.29. The zero-order valence-electron chi connectivity index (χ0n) is 11.3. The minimum atomic E-state index is 0.661. The average Bonchev–Trinajstić information content (AvgIpc) is 3.17. The molecule has 3 aromatic rings. The summed E-state index contributed by atoms with van der Waals surface area (Å²) in [5.74, 6) is 0.911. The second kappa shape index (κ2) is 5.92. The van der Waals surface area contributed by atoms with E-state index < -0.39 is 0 Å². The first-order valence-corrected chi connectivity index (χ1v) is 7.54. The molecule has 4 heteroatoms. The largest absolute Gasteiger partial charge is 0.467 e. The molecule has 0 aliphatic carbocycles. The molecular weight excluding hydrogens is 268 g/mol. The summed E-state index contributed by atoms with van der Waals surface area (Å²) in [4.78, 5) is 4.60. The Kier molecular flexibility index (Phi) is 3.83. The maximum absolute atomic E-state index is 5.29. The highest BCUT2D eigenvalue weighted by Gasteiger charge is 2.05. The van der Waals surface area contributed by atoms with Gasteiger partial charge in [0.1, 0.15) is 5.76 Å². The van der Waals surface area contributed by atoms with Crippen molar-refractivity contribution in [3.8, 4) is 11.3 Å². The summed E-state index contributed by atoms with van der Waals surface area (Å²) >= 11 is 1.61. The summed E-state index contributed by atoms with van der Waals surface area (Å²) in [5.41, 5.74) is 3.52. The molecule has 0 aliphatic heterocycles. The number of benzene rings is 1. The maximum Gasteiger partial charge on any atom is 0.183 e. The summed E-state index contributed by atoms with van der Waals surface area (Å²) in [7, 11) is 0. The van der Waals surface area contributed by atoms with Crippen LogP contribution < -0.4 is 5.32 Å². The van der Waals surface area contributed by atoms with E-state index in [1.807, 2.05) is 12.1 Å². The number of anilines is 1. The number of aryl methyl sites for hydroxylation is 1. The van der Waals surface area contributed by atoms with Crippen LogP contribution in [0.25, 0.3) is 11.3 Å². The van der Waals surface area contributed by atoms with Gasteiger partial charge in [-0.1, -0.05) is 31.2 Å². The molecule has 3 rings (SSSR count). The third kappa shape index (κ3) is 2.91. The molecular formula is C16H16N2OS. The standard InChI is InChI=1S/C16H16N2OS/c1-2-12-5-7-13(8-6-12)15-11-20-16(18-15)17-10-14-4-3-9-19-14/h3-9,11H,2,10H2,1H3,(H,17,18). The highest BCUT2D eigenvalue weighted by molar-refractivity contribution is 7.14. The van der Waals surface area contributed by atoms with Gasteiger partial charge in [-0.15, -0.1) is 11.3 Å². The van der Waals surface area contributed by atoms with Crippen LogP contribution in [-0.4, -0.2) is 4.98 Å². The molecule has 0 bridgehead atoms. The minimum absolute atomic E-state index is 0.661. The topological polar surface area (TPSA) is 38.1 Å². The third-order valence-electron chi connectivity index (χ3n) is 3.16. The van der Waals surface area contributed by atoms with Crippen LogP contribution in [0.3, 0.4) is 0 Å². The number of nitrogens with one attached hydrogen (secondary N) is 1. The van der Waals surface area contributed by atoms with Crippen molar-refractivity contribution in [1.82, 2.24) is 4.98 Å². The van der Waals surface area contributed by atoms with E-state index >= 15 is 0 Å². The Morgan fingerprint density at radius 2 is 2.05 bits per heavy atom. The van der Waals surface area contributed by atoms with Gasteiger partial charge >= 0.3 is 0 Å². The van der Waals surface area contributed by atoms with Crippen LogP contribution in [0.4, 0.5) is 5.13 Å². The number of thiazole rings is 1. The number of rotatable bonds is 5. The van der Waals surface area contributed by atoms with Gasteiger partial charge in [-0.3, -0.25) is 0 Å². The Morgan fingerprint density at radius 3 is 2.75 bits per heavy atom. The number of hydrogen-bond acceptors (Lipinski definition) is 4. The first kappa shape index (κ1) is 12.9. The molecule has 2 heterocycles. The van der Waals surface area contributed by atoms with Gasteiger partial charge in [0.2, 0.25) is 0 Å². The second-order valence-corrected chi connectivity index (χ2v) is 5.38. The second-order valence-electron chi connectivity index (χ2n) is 4.52. The smallest absolute Gasteiger partial charge is 0.183 e. The van der Waals surface area contributed by atoms with Gasteiger partial charge in [0.25, 0.3) is 0 Å². The Balaban J connectivity index is 1.69. The molecule has 0 saturated carbocycles. The normalized spacial score (nSPS) is 10.7. The number of nitrogens with zero attached hydrogens (tertiary/aromatic N) is 1. The summed E-state index contributed by atoms with van der Waals surface area (Å²) in [5, 5.41) is 6.26. The molecule has 0 radical (unpaired) electrons. The minimum Gasteiger partial charge on any atom is -0.467 e. The number of furan rings is 1. The van der Waals surface area contributed by atoms with Gasteiger partial charge in [0.05, 0.1) is 18.5 Å². The summed E-state index contributed by atoms with van der Waals surface area (Å²) in [6.07, 6.45) is 2.74. The molecule has 1 aromatic carbocycles. The van der Waals surface area contributed by atoms with Crippen LogP contribution in [-0.2, 0) is 13.0 Å². The molecule has 0 aliphatic rings. The van der Waals surface area contributed by atoms with Crippen molar-refractivity contribution in [2.45, 2.75) is 19.9 Å². The fraction of sp³-hybridized carbons (Fsp3) is 0.188. The van der Waals surface area contributed by atoms with E-state index in [9.17, 15) is 0 Å². The third-order valence-corrected chi connectivity index (χ3v) is 3.96. The van der Waals surface area contributed by atoms with Gasteiger partial charge in [-0.05, 0) is 24.1 Å². The van der Waals surface area contributed by atoms with E-state index in [4.69, 9.17) is 4.42 Å². The van der Waals surface area contributed by atoms with Crippen LogP contribution in [0.5, 0.6) is 0 Å². The molecule has 0 saturated heterocycles. The highest BCUT2D eigenvalue weighted by atomic mass is 32.1. The van der Waals surface area contributed by atoms with E-state index in [1.54, 1.807) is 17.6 Å². The van der Waals surface area contributed by atoms with Gasteiger partial charge < -0.3 is 9.73 Å². The molecule has 0 atom stereocenters. The van der Waals surface area contributed by atoms with E-state index in [-0.39, 0.29) is 0 Å². The van der Waals surface area contributed by atoms with Crippen molar-refractivity contribution in [2.75, 3.05) is 5.32 Å². The van der Waals surface area contributed by atoms with Crippen LogP contribution in [0.2, 0.25) is 0 Å². The summed E-state index contributed by atoms with van der Waals surface area (Å²) in [6, 6.07) is 12.4. The van der Waals surface area contributed by atoms with Crippen molar-refractivity contribution in [3.05, 3.63) is 59.4 Å². The lowest BCUT2D eigenvalue weighted by Gasteiger charge is -2.00. The Bertz CT molecular complexity index is 656. The maximum atomic E-state index is 5.29. The monoisotopic (exact) mass is 284 g/mol. The zero-order valence-corrected chi connectivity index (χ0v) is 12.1. The van der Waals surface area contributed by atoms with Crippen LogP contribution in [0.1, 0.15) is 18.2 Å². The Labute approximate surface area is 122 Å². The average molecular weight is 284 g/mol. The molecule has 2 aromatic heterocycles. The lowest BCUT2D eigenvalue weighted by Crippen LogP contribution is -1.97. The number of aromatic nitrogens is 1. The molecule has 1 N–H and O–H groups in total. The SMILES string of the molecule is CCc1ccc(-c2csc(NCc3ccco3)n2)cc1. The zero-order chi connectivity index (χ0) is 13.8. The van der Waals surface area contributed by atoms with E-state index in [0.29, 0.717) is 6.54 Å². The Morgan fingerprint density at radius 1 is 1.20 bits per heavy atom. The van der Waals surface area contributed by atoms with Crippen molar-refractivity contribution >= 4 is 16.5 Å². The van der Waals surface area contributed by atoms with Crippen LogP contribution in [0, 0.1) is 0 Å². The van der Waals surface area contributed by atoms with E-state index in [0.717, 1.165) is 28.6 Å². The highest BCUT2D eigenvalue weighted by Crippen LogP contribution is 2.25. The predicted molar refractivity (Wildman–Crippen MR) is 83.0 cm³/mol. The molecule has 0 spiro atoms. The predicted octanol–water partition coefficient (Wildman–Crippen LogP) is 4.58. The fourth-order valence-electron chi connectivity index (χ4n) is 1.97. The first-order chi connectivity index (χ1) is 9.85. The van der Waals surface area contributed by atoms with Crippen molar-refractivity contribution in [3.63, 3.8) is 0 Å². The molecule has 0 unspecified atom stereocenters. The van der Waals surface area contributed by atoms with E-state index in [1.165, 1.54) is 5.56 Å². The molecule has 20 heavy (non-hydrogen) atoms. The fourth-order valence-corrected chi connectivity index (χ4v) is 2.69. The van der Waals surface area contributed by atoms with Gasteiger partial charge in [0, 0.05) is 10.9 Å². The van der Waals surface area contributed by atoms with Crippen molar-refractivity contribution in [2.24, 2.45) is 0 Å². The molecule has 102 valence electrons. The molecule has 0 fully saturated rings. The summed E-state index contributed by atoms with van der Waals surface area (Å²) in [6.45, 7) is 2.82.